The van der Waals surface area contributed by atoms with Crippen LogP contribution in [0, 0.1) is 5.92 Å². The van der Waals surface area contributed by atoms with Gasteiger partial charge in [-0.25, -0.2) is 0 Å². The summed E-state index contributed by atoms with van der Waals surface area (Å²) in [7, 11) is 0. The standard InChI is InChI=1S/C9H14N2S/c1-6-4-8(6)11-5-9-7(10)2-3-12-9/h2-3,6,8,11H,4-5,10H2,1H3. The van der Waals surface area contributed by atoms with Crippen LogP contribution in [-0.2, 0) is 6.54 Å². The maximum absolute atomic E-state index is 5.75. The number of hydrogen-bond acceptors (Lipinski definition) is 3. The van der Waals surface area contributed by atoms with Gasteiger partial charge in [0.2, 0.25) is 0 Å². The molecule has 3 heteroatoms. The highest BCUT2D eigenvalue weighted by Crippen LogP contribution is 2.30. The molecular weight excluding hydrogens is 168 g/mol. The van der Waals surface area contributed by atoms with Crippen LogP contribution >= 0.6 is 11.3 Å². The second kappa shape index (κ2) is 3.07. The monoisotopic (exact) mass is 182 g/mol. The maximum atomic E-state index is 5.75. The molecule has 2 unspecified atom stereocenters. The average molecular weight is 182 g/mol. The van der Waals surface area contributed by atoms with Crippen LogP contribution in [-0.4, -0.2) is 6.04 Å². The third kappa shape index (κ3) is 1.62. The molecule has 1 fully saturated rings. The van der Waals surface area contributed by atoms with Crippen molar-refractivity contribution >= 4 is 17.0 Å². The number of nitrogens with two attached hydrogens (primary N) is 1. The fourth-order valence-electron chi connectivity index (χ4n) is 1.32. The van der Waals surface area contributed by atoms with E-state index in [1.807, 2.05) is 11.4 Å². The summed E-state index contributed by atoms with van der Waals surface area (Å²) in [5, 5.41) is 5.52. The second-order valence-corrected chi connectivity index (χ2v) is 4.50. The summed E-state index contributed by atoms with van der Waals surface area (Å²) in [6.45, 7) is 3.22. The van der Waals surface area contributed by atoms with E-state index in [1.165, 1.54) is 11.3 Å². The molecule has 12 heavy (non-hydrogen) atoms. The fourth-order valence-corrected chi connectivity index (χ4v) is 2.07. The Bertz CT molecular complexity index is 269. The first-order chi connectivity index (χ1) is 5.77. The van der Waals surface area contributed by atoms with Crippen LogP contribution in [0.5, 0.6) is 0 Å². The normalized spacial score (nSPS) is 27.4. The first-order valence-electron chi connectivity index (χ1n) is 4.32. The van der Waals surface area contributed by atoms with E-state index in [1.54, 1.807) is 11.3 Å². The topological polar surface area (TPSA) is 38.0 Å². The van der Waals surface area contributed by atoms with Gasteiger partial charge in [0, 0.05) is 23.2 Å². The smallest absolute Gasteiger partial charge is 0.0468 e. The first kappa shape index (κ1) is 8.08. The third-order valence-electron chi connectivity index (χ3n) is 2.41. The van der Waals surface area contributed by atoms with Crippen LogP contribution < -0.4 is 11.1 Å². The lowest BCUT2D eigenvalue weighted by molar-refractivity contribution is 0.659. The lowest BCUT2D eigenvalue weighted by Crippen LogP contribution is -2.16. The van der Waals surface area contributed by atoms with E-state index in [2.05, 4.69) is 12.2 Å². The Labute approximate surface area is 76.8 Å². The highest BCUT2D eigenvalue weighted by atomic mass is 32.1. The first-order valence-corrected chi connectivity index (χ1v) is 5.20. The molecule has 1 heterocycles. The van der Waals surface area contributed by atoms with Gasteiger partial charge >= 0.3 is 0 Å². The minimum absolute atomic E-state index is 0.742. The number of rotatable bonds is 3. The van der Waals surface area contributed by atoms with E-state index in [-0.39, 0.29) is 0 Å². The molecule has 1 saturated carbocycles. The molecule has 0 saturated heterocycles. The molecule has 0 bridgehead atoms. The van der Waals surface area contributed by atoms with Gasteiger partial charge in [-0.05, 0) is 23.8 Å². The Morgan fingerprint density at radius 1 is 1.75 bits per heavy atom. The van der Waals surface area contributed by atoms with Gasteiger partial charge in [-0.1, -0.05) is 6.92 Å². The van der Waals surface area contributed by atoms with Gasteiger partial charge in [-0.2, -0.15) is 0 Å². The van der Waals surface area contributed by atoms with E-state index >= 15 is 0 Å². The zero-order chi connectivity index (χ0) is 8.55. The van der Waals surface area contributed by atoms with Crippen molar-refractivity contribution in [2.24, 2.45) is 5.92 Å². The van der Waals surface area contributed by atoms with Gasteiger partial charge in [-0.15, -0.1) is 11.3 Å². The molecule has 3 N–H and O–H groups in total. The minimum atomic E-state index is 0.742. The van der Waals surface area contributed by atoms with Crippen molar-refractivity contribution in [1.29, 1.82) is 0 Å². The van der Waals surface area contributed by atoms with Crippen LogP contribution in [0.4, 0.5) is 5.69 Å². The Morgan fingerprint density at radius 3 is 3.00 bits per heavy atom. The molecule has 0 aromatic carbocycles. The molecule has 1 aliphatic carbocycles. The second-order valence-electron chi connectivity index (χ2n) is 3.50. The largest absolute Gasteiger partial charge is 0.398 e. The Hall–Kier alpha value is -0.540. The zero-order valence-electron chi connectivity index (χ0n) is 7.21. The van der Waals surface area contributed by atoms with Crippen molar-refractivity contribution in [2.45, 2.75) is 25.9 Å². The molecule has 2 rings (SSSR count). The molecule has 0 spiro atoms. The van der Waals surface area contributed by atoms with Gasteiger partial charge in [0.15, 0.2) is 0 Å². The lowest BCUT2D eigenvalue weighted by Gasteiger charge is -2.01. The fraction of sp³-hybridized carbons (Fsp3) is 0.556. The highest BCUT2D eigenvalue weighted by Gasteiger charge is 2.31. The number of nitrogens with one attached hydrogen (secondary N) is 1. The summed E-state index contributed by atoms with van der Waals surface area (Å²) >= 11 is 1.73. The van der Waals surface area contributed by atoms with Crippen molar-refractivity contribution in [3.63, 3.8) is 0 Å². The van der Waals surface area contributed by atoms with Crippen LogP contribution in [0.1, 0.15) is 18.2 Å². The molecule has 0 amide bonds. The third-order valence-corrected chi connectivity index (χ3v) is 3.35. The molecule has 2 atom stereocenters. The quantitative estimate of drug-likeness (QED) is 0.748. The van der Waals surface area contributed by atoms with Crippen molar-refractivity contribution in [2.75, 3.05) is 5.73 Å². The Balaban J connectivity index is 1.84. The van der Waals surface area contributed by atoms with Crippen LogP contribution in [0.3, 0.4) is 0 Å². The maximum Gasteiger partial charge on any atom is 0.0468 e. The predicted octanol–water partition coefficient (Wildman–Crippen LogP) is 1.83. The van der Waals surface area contributed by atoms with Crippen LogP contribution in [0.15, 0.2) is 11.4 Å². The van der Waals surface area contributed by atoms with Crippen LogP contribution in [0.2, 0.25) is 0 Å². The number of anilines is 1. The minimum Gasteiger partial charge on any atom is -0.398 e. The summed E-state index contributed by atoms with van der Waals surface area (Å²) in [6.07, 6.45) is 1.32. The van der Waals surface area contributed by atoms with E-state index in [9.17, 15) is 0 Å². The summed E-state index contributed by atoms with van der Waals surface area (Å²) in [5.41, 5.74) is 6.68. The number of nitrogen functional groups attached to an aromatic ring is 1. The van der Waals surface area contributed by atoms with Crippen molar-refractivity contribution in [3.05, 3.63) is 16.3 Å². The van der Waals surface area contributed by atoms with Crippen molar-refractivity contribution in [1.82, 2.24) is 5.32 Å². The molecule has 1 aromatic rings. The van der Waals surface area contributed by atoms with Gasteiger partial charge in [0.25, 0.3) is 0 Å². The van der Waals surface area contributed by atoms with Gasteiger partial charge in [0.05, 0.1) is 0 Å². The van der Waals surface area contributed by atoms with Crippen molar-refractivity contribution in [3.8, 4) is 0 Å². The zero-order valence-corrected chi connectivity index (χ0v) is 8.03. The summed E-state index contributed by atoms with van der Waals surface area (Å²) in [4.78, 5) is 1.27. The van der Waals surface area contributed by atoms with Gasteiger partial charge in [0.1, 0.15) is 0 Å². The van der Waals surface area contributed by atoms with E-state index in [0.29, 0.717) is 0 Å². The highest BCUT2D eigenvalue weighted by molar-refractivity contribution is 7.10. The van der Waals surface area contributed by atoms with Gasteiger partial charge in [-0.3, -0.25) is 0 Å². The lowest BCUT2D eigenvalue weighted by atomic mass is 10.4. The molecule has 1 aliphatic rings. The number of thiophene rings is 1. The Kier molecular flexibility index (Phi) is 2.07. The predicted molar refractivity (Wildman–Crippen MR) is 53.1 cm³/mol. The van der Waals surface area contributed by atoms with Gasteiger partial charge < -0.3 is 11.1 Å². The van der Waals surface area contributed by atoms with E-state index in [0.717, 1.165) is 24.2 Å². The Morgan fingerprint density at radius 2 is 2.50 bits per heavy atom. The van der Waals surface area contributed by atoms with E-state index < -0.39 is 0 Å². The SMILES string of the molecule is CC1CC1NCc1sccc1N. The van der Waals surface area contributed by atoms with E-state index in [4.69, 9.17) is 5.73 Å². The molecule has 2 nitrogen and oxygen atoms in total. The summed E-state index contributed by atoms with van der Waals surface area (Å²) in [5.74, 6) is 0.867. The molecule has 66 valence electrons. The average Bonchev–Trinajstić information content (AvgIpc) is 2.57. The van der Waals surface area contributed by atoms with Crippen molar-refractivity contribution < 1.29 is 0 Å². The molecule has 1 aromatic heterocycles. The molecule has 0 aliphatic heterocycles. The van der Waals surface area contributed by atoms with Crippen LogP contribution in [0.25, 0.3) is 0 Å². The molecule has 0 radical (unpaired) electrons. The summed E-state index contributed by atoms with van der Waals surface area (Å²) < 4.78 is 0. The number of hydrogen-bond donors (Lipinski definition) is 2. The summed E-state index contributed by atoms with van der Waals surface area (Å²) in [6, 6.07) is 2.71. The molecular formula is C9H14N2S.